The molecule has 10 heavy (non-hydrogen) atoms. The number of hydrogen-bond acceptors (Lipinski definition) is 5. The van der Waals surface area contributed by atoms with Crippen LogP contribution in [0.25, 0.3) is 0 Å². The van der Waals surface area contributed by atoms with Gasteiger partial charge < -0.3 is 17.3 Å². The fourth-order valence-corrected chi connectivity index (χ4v) is 0.496. The van der Waals surface area contributed by atoms with Gasteiger partial charge in [0.25, 0.3) is 5.56 Å². The summed E-state index contributed by atoms with van der Waals surface area (Å²) >= 11 is 0. The molecule has 0 fully saturated rings. The summed E-state index contributed by atoms with van der Waals surface area (Å²) in [5, 5.41) is 0. The Morgan fingerprint density at radius 1 is 1.50 bits per heavy atom. The van der Waals surface area contributed by atoms with Crippen molar-refractivity contribution < 1.29 is 0 Å². The Hall–Kier alpha value is -1.72. The lowest BCUT2D eigenvalue weighted by atomic mass is 10.5. The Balaban J connectivity index is 3.50. The van der Waals surface area contributed by atoms with E-state index in [1.165, 1.54) is 6.20 Å². The van der Waals surface area contributed by atoms with E-state index in [1.54, 1.807) is 0 Å². The molecule has 0 bridgehead atoms. The summed E-state index contributed by atoms with van der Waals surface area (Å²) in [5.74, 6) is 5.06. The first-order chi connectivity index (χ1) is 4.63. The lowest BCUT2D eigenvalue weighted by Crippen LogP contribution is -2.31. The van der Waals surface area contributed by atoms with Crippen molar-refractivity contribution in [3.8, 4) is 0 Å². The topological polar surface area (TPSA) is 113 Å². The van der Waals surface area contributed by atoms with Crippen LogP contribution >= 0.6 is 0 Å². The molecule has 0 aliphatic carbocycles. The van der Waals surface area contributed by atoms with E-state index >= 15 is 0 Å². The molecule has 54 valence electrons. The van der Waals surface area contributed by atoms with Crippen molar-refractivity contribution in [3.05, 3.63) is 16.6 Å². The van der Waals surface area contributed by atoms with Gasteiger partial charge in [0.15, 0.2) is 0 Å². The van der Waals surface area contributed by atoms with Crippen molar-refractivity contribution in [1.82, 2.24) is 9.66 Å². The van der Waals surface area contributed by atoms with Crippen molar-refractivity contribution in [2.24, 2.45) is 0 Å². The van der Waals surface area contributed by atoms with E-state index in [4.69, 9.17) is 17.3 Å². The van der Waals surface area contributed by atoms with Gasteiger partial charge in [-0.15, -0.1) is 0 Å². The first-order valence-corrected chi connectivity index (χ1v) is 2.51. The Labute approximate surface area is 56.2 Å². The number of hydrogen-bond donors (Lipinski definition) is 3. The Morgan fingerprint density at radius 3 is 2.60 bits per heavy atom. The van der Waals surface area contributed by atoms with Crippen LogP contribution < -0.4 is 22.9 Å². The maximum absolute atomic E-state index is 10.8. The molecule has 0 aromatic carbocycles. The molecular weight excluding hydrogens is 134 g/mol. The van der Waals surface area contributed by atoms with Crippen LogP contribution in [0.1, 0.15) is 0 Å². The average molecular weight is 141 g/mol. The third-order valence-electron chi connectivity index (χ3n) is 1.05. The predicted octanol–water partition coefficient (Wildman–Crippen LogP) is -1.88. The van der Waals surface area contributed by atoms with Gasteiger partial charge in [-0.1, -0.05) is 0 Å². The minimum absolute atomic E-state index is 0.0169. The summed E-state index contributed by atoms with van der Waals surface area (Å²) in [7, 11) is 0. The Morgan fingerprint density at radius 2 is 2.10 bits per heavy atom. The van der Waals surface area contributed by atoms with Gasteiger partial charge in [0.1, 0.15) is 5.69 Å². The van der Waals surface area contributed by atoms with Crippen LogP contribution in [0.4, 0.5) is 11.6 Å². The van der Waals surface area contributed by atoms with Crippen molar-refractivity contribution in [2.75, 3.05) is 17.3 Å². The zero-order chi connectivity index (χ0) is 7.72. The number of anilines is 2. The molecule has 0 aliphatic rings. The third-order valence-corrected chi connectivity index (χ3v) is 1.05. The molecule has 6 nitrogen and oxygen atoms in total. The van der Waals surface area contributed by atoms with Crippen LogP contribution in [0.5, 0.6) is 0 Å². The lowest BCUT2D eigenvalue weighted by molar-refractivity contribution is 0.915. The molecule has 1 aromatic rings. The lowest BCUT2D eigenvalue weighted by Gasteiger charge is -2.00. The molecule has 1 heterocycles. The first-order valence-electron chi connectivity index (χ1n) is 2.51. The standard InChI is InChI=1S/C4H7N5O/c5-2-1-8-4(6)9(7)3(2)10/h1H,5,7H2,(H2,6,8). The second kappa shape index (κ2) is 1.90. The minimum Gasteiger partial charge on any atom is -0.393 e. The van der Waals surface area contributed by atoms with Crippen molar-refractivity contribution >= 4 is 11.6 Å². The number of aromatic nitrogens is 2. The summed E-state index contributed by atoms with van der Waals surface area (Å²) in [4.78, 5) is 14.3. The molecule has 0 atom stereocenters. The van der Waals surface area contributed by atoms with E-state index in [-0.39, 0.29) is 11.6 Å². The fraction of sp³-hybridized carbons (Fsp3) is 0. The summed E-state index contributed by atoms with van der Waals surface area (Å²) in [6.45, 7) is 0. The van der Waals surface area contributed by atoms with Gasteiger partial charge in [0.05, 0.1) is 6.20 Å². The Kier molecular flexibility index (Phi) is 1.22. The summed E-state index contributed by atoms with van der Waals surface area (Å²) < 4.78 is 0.690. The van der Waals surface area contributed by atoms with E-state index in [1.807, 2.05) is 0 Å². The summed E-state index contributed by atoms with van der Waals surface area (Å²) in [6.07, 6.45) is 1.17. The molecule has 0 saturated carbocycles. The van der Waals surface area contributed by atoms with Gasteiger partial charge in [0, 0.05) is 0 Å². The molecule has 0 spiro atoms. The summed E-state index contributed by atoms with van der Waals surface area (Å²) in [6, 6.07) is 0. The van der Waals surface area contributed by atoms with Crippen molar-refractivity contribution in [1.29, 1.82) is 0 Å². The van der Waals surface area contributed by atoms with Crippen LogP contribution in [-0.4, -0.2) is 9.66 Å². The fourth-order valence-electron chi connectivity index (χ4n) is 0.496. The zero-order valence-electron chi connectivity index (χ0n) is 5.11. The maximum atomic E-state index is 10.8. The van der Waals surface area contributed by atoms with Crippen LogP contribution in [0.2, 0.25) is 0 Å². The Bertz CT molecular complexity index is 303. The number of nitrogen functional groups attached to an aromatic ring is 3. The zero-order valence-corrected chi connectivity index (χ0v) is 5.11. The van der Waals surface area contributed by atoms with Crippen LogP contribution in [-0.2, 0) is 0 Å². The van der Waals surface area contributed by atoms with Crippen LogP contribution in [0.3, 0.4) is 0 Å². The molecule has 0 unspecified atom stereocenters. The predicted molar refractivity (Wildman–Crippen MR) is 37.5 cm³/mol. The van der Waals surface area contributed by atoms with Gasteiger partial charge in [-0.2, -0.15) is 4.68 Å². The molecule has 6 heteroatoms. The highest BCUT2D eigenvalue weighted by Gasteiger charge is 1.99. The molecule has 6 N–H and O–H groups in total. The average Bonchev–Trinajstić information content (AvgIpc) is 1.93. The number of rotatable bonds is 0. The molecule has 0 saturated heterocycles. The highest BCUT2D eigenvalue weighted by Crippen LogP contribution is 1.90. The minimum atomic E-state index is -0.535. The monoisotopic (exact) mass is 141 g/mol. The van der Waals surface area contributed by atoms with Gasteiger partial charge in [-0.05, 0) is 0 Å². The van der Waals surface area contributed by atoms with E-state index in [9.17, 15) is 4.79 Å². The van der Waals surface area contributed by atoms with Gasteiger partial charge in [0.2, 0.25) is 5.95 Å². The van der Waals surface area contributed by atoms with Gasteiger partial charge in [-0.3, -0.25) is 4.79 Å². The third kappa shape index (κ3) is 0.750. The van der Waals surface area contributed by atoms with E-state index in [0.717, 1.165) is 0 Å². The van der Waals surface area contributed by atoms with Crippen molar-refractivity contribution in [3.63, 3.8) is 0 Å². The molecule has 1 rings (SSSR count). The quantitative estimate of drug-likeness (QED) is 0.366. The highest BCUT2D eigenvalue weighted by molar-refractivity contribution is 5.35. The van der Waals surface area contributed by atoms with E-state index < -0.39 is 5.56 Å². The SMILES string of the molecule is Nc1cnc(N)n(N)c1=O. The number of nitrogens with zero attached hydrogens (tertiary/aromatic N) is 2. The highest BCUT2D eigenvalue weighted by atomic mass is 16.1. The number of nitrogens with two attached hydrogens (primary N) is 3. The van der Waals surface area contributed by atoms with Crippen molar-refractivity contribution in [2.45, 2.75) is 0 Å². The molecule has 0 radical (unpaired) electrons. The smallest absolute Gasteiger partial charge is 0.296 e. The van der Waals surface area contributed by atoms with E-state index in [0.29, 0.717) is 4.68 Å². The second-order valence-electron chi connectivity index (χ2n) is 1.75. The maximum Gasteiger partial charge on any atom is 0.296 e. The molecular formula is C4H7N5O. The molecule has 1 aromatic heterocycles. The second-order valence-corrected chi connectivity index (χ2v) is 1.75. The molecule has 0 amide bonds. The van der Waals surface area contributed by atoms with Crippen LogP contribution in [0.15, 0.2) is 11.0 Å². The summed E-state index contributed by atoms with van der Waals surface area (Å²) in [5.41, 5.74) is 9.77. The van der Waals surface area contributed by atoms with Crippen LogP contribution in [0, 0.1) is 0 Å². The first kappa shape index (κ1) is 6.40. The molecule has 0 aliphatic heterocycles. The normalized spacial score (nSPS) is 9.60. The van der Waals surface area contributed by atoms with E-state index in [2.05, 4.69) is 4.98 Å². The largest absolute Gasteiger partial charge is 0.393 e. The van der Waals surface area contributed by atoms with Gasteiger partial charge in [-0.25, -0.2) is 4.98 Å². The van der Waals surface area contributed by atoms with Gasteiger partial charge >= 0.3 is 0 Å².